The van der Waals surface area contributed by atoms with Crippen LogP contribution in [0, 0.1) is 33.6 Å². The van der Waals surface area contributed by atoms with Crippen LogP contribution >= 0.6 is 0 Å². The van der Waals surface area contributed by atoms with Crippen molar-refractivity contribution in [2.24, 2.45) is 5.92 Å². The molecular weight excluding hydrogens is 733 g/mol. The molecule has 1 aliphatic rings. The molecule has 0 N–H and O–H groups in total. The summed E-state index contributed by atoms with van der Waals surface area (Å²) in [6, 6.07) is 58.7. The molecule has 0 heteroatoms. The first-order chi connectivity index (χ1) is 29.0. The van der Waals surface area contributed by atoms with Crippen molar-refractivity contribution in [1.29, 1.82) is 0 Å². The number of hydrogen-bond donors (Lipinski definition) is 0. The molecule has 320 valence electrons. The fourth-order valence-corrected chi connectivity index (χ4v) is 7.84. The first kappa shape index (κ1) is 48.5. The molecule has 0 fully saturated rings. The Morgan fingerprint density at radius 2 is 0.934 bits per heavy atom. The van der Waals surface area contributed by atoms with Gasteiger partial charge in [0, 0.05) is 0 Å². The van der Waals surface area contributed by atoms with Crippen LogP contribution in [0.15, 0.2) is 164 Å². The minimum absolute atomic E-state index is 0.285. The van der Waals surface area contributed by atoms with Gasteiger partial charge in [-0.15, -0.1) is 0 Å². The van der Waals surface area contributed by atoms with E-state index < -0.39 is 0 Å². The predicted octanol–water partition coefficient (Wildman–Crippen LogP) is 17.7. The van der Waals surface area contributed by atoms with E-state index in [1.54, 1.807) is 11.1 Å². The lowest BCUT2D eigenvalue weighted by molar-refractivity contribution is 0.441. The first-order valence-electron chi connectivity index (χ1n) is 22.8. The van der Waals surface area contributed by atoms with E-state index in [0.717, 1.165) is 0 Å². The third-order valence-corrected chi connectivity index (χ3v) is 11.9. The van der Waals surface area contributed by atoms with E-state index >= 15 is 0 Å². The van der Waals surface area contributed by atoms with Gasteiger partial charge in [0.2, 0.25) is 0 Å². The summed E-state index contributed by atoms with van der Waals surface area (Å²) in [6.45, 7) is 28.9. The van der Waals surface area contributed by atoms with Crippen molar-refractivity contribution in [3.05, 3.63) is 214 Å². The smallest absolute Gasteiger partial charge is 0.00893 e. The van der Waals surface area contributed by atoms with Crippen LogP contribution in [0.2, 0.25) is 0 Å². The van der Waals surface area contributed by atoms with Crippen LogP contribution in [-0.4, -0.2) is 0 Å². The topological polar surface area (TPSA) is 0 Å². The van der Waals surface area contributed by atoms with Gasteiger partial charge in [0.05, 0.1) is 0 Å². The van der Waals surface area contributed by atoms with Gasteiger partial charge in [-0.1, -0.05) is 256 Å². The SMILES string of the molecule is CCC(C)C1Cc2c(cc(C)c3ccccc23)-c2ccccc21.CCCc1ccccc1.Cc1ccc(C(C)(C)C)cc1.Cc1ccc(C(C)(C)C)cc1.Cc1ccccc1. The van der Waals surface area contributed by atoms with Gasteiger partial charge in [-0.2, -0.15) is 0 Å². The summed E-state index contributed by atoms with van der Waals surface area (Å²) in [5.41, 5.74) is 16.2. The largest absolute Gasteiger partial charge is 0.0651 e. The molecule has 0 radical (unpaired) electrons. The van der Waals surface area contributed by atoms with Crippen LogP contribution in [0.1, 0.15) is 131 Å². The molecule has 8 rings (SSSR count). The molecular formula is C61H76. The molecule has 2 atom stereocenters. The second-order valence-corrected chi connectivity index (χ2v) is 19.2. The molecule has 0 saturated carbocycles. The molecule has 61 heavy (non-hydrogen) atoms. The van der Waals surface area contributed by atoms with Gasteiger partial charge in [0.25, 0.3) is 0 Å². The van der Waals surface area contributed by atoms with Gasteiger partial charge >= 0.3 is 0 Å². The molecule has 1 aliphatic carbocycles. The van der Waals surface area contributed by atoms with Crippen LogP contribution in [0.4, 0.5) is 0 Å². The maximum atomic E-state index is 2.41. The second-order valence-electron chi connectivity index (χ2n) is 19.2. The lowest BCUT2D eigenvalue weighted by Gasteiger charge is -2.33. The molecule has 0 bridgehead atoms. The molecule has 0 aromatic heterocycles. The molecule has 7 aromatic rings. The Hall–Kier alpha value is -5.20. The van der Waals surface area contributed by atoms with Gasteiger partial charge in [0.15, 0.2) is 0 Å². The highest BCUT2D eigenvalue weighted by atomic mass is 14.3. The number of rotatable bonds is 4. The Labute approximate surface area is 372 Å². The summed E-state index contributed by atoms with van der Waals surface area (Å²) in [6.07, 6.45) is 4.85. The Bertz CT molecular complexity index is 2260. The van der Waals surface area contributed by atoms with Gasteiger partial charge in [-0.05, 0) is 118 Å². The van der Waals surface area contributed by atoms with Crippen molar-refractivity contribution in [3.8, 4) is 11.1 Å². The number of aryl methyl sites for hydroxylation is 5. The molecule has 2 unspecified atom stereocenters. The molecule has 0 aliphatic heterocycles. The number of benzene rings is 7. The van der Waals surface area contributed by atoms with Crippen LogP contribution in [0.3, 0.4) is 0 Å². The highest BCUT2D eigenvalue weighted by Gasteiger charge is 2.29. The summed E-state index contributed by atoms with van der Waals surface area (Å²) in [4.78, 5) is 0. The maximum absolute atomic E-state index is 2.41. The van der Waals surface area contributed by atoms with Gasteiger partial charge < -0.3 is 0 Å². The van der Waals surface area contributed by atoms with E-state index in [1.165, 1.54) is 86.5 Å². The zero-order valence-corrected chi connectivity index (χ0v) is 40.1. The molecule has 0 nitrogen and oxygen atoms in total. The minimum atomic E-state index is 0.285. The van der Waals surface area contributed by atoms with Crippen LogP contribution < -0.4 is 0 Å². The second kappa shape index (κ2) is 23.1. The van der Waals surface area contributed by atoms with E-state index in [1.807, 2.05) is 18.2 Å². The van der Waals surface area contributed by atoms with Gasteiger partial charge in [-0.25, -0.2) is 0 Å². The lowest BCUT2D eigenvalue weighted by Crippen LogP contribution is -2.18. The summed E-state index contributed by atoms with van der Waals surface area (Å²) in [7, 11) is 0. The average Bonchev–Trinajstić information content (AvgIpc) is 3.25. The first-order valence-corrected chi connectivity index (χ1v) is 22.8. The van der Waals surface area contributed by atoms with E-state index in [4.69, 9.17) is 0 Å². The Kier molecular flexibility index (Phi) is 18.4. The number of fused-ring (bicyclic) bond motifs is 5. The monoisotopic (exact) mass is 809 g/mol. The molecule has 0 heterocycles. The van der Waals surface area contributed by atoms with E-state index in [0.29, 0.717) is 11.8 Å². The van der Waals surface area contributed by atoms with Crippen molar-refractivity contribution in [2.75, 3.05) is 0 Å². The summed E-state index contributed by atoms with van der Waals surface area (Å²) >= 11 is 0. The van der Waals surface area contributed by atoms with Crippen LogP contribution in [-0.2, 0) is 23.7 Å². The predicted molar refractivity (Wildman–Crippen MR) is 271 cm³/mol. The highest BCUT2D eigenvalue weighted by molar-refractivity contribution is 5.95. The van der Waals surface area contributed by atoms with E-state index in [-0.39, 0.29) is 10.8 Å². The zero-order chi connectivity index (χ0) is 44.6. The lowest BCUT2D eigenvalue weighted by atomic mass is 9.71. The Balaban J connectivity index is 0.000000183. The molecule has 0 spiro atoms. The van der Waals surface area contributed by atoms with Crippen molar-refractivity contribution < 1.29 is 0 Å². The summed E-state index contributed by atoms with van der Waals surface area (Å²) in [5.74, 6) is 1.35. The van der Waals surface area contributed by atoms with Crippen molar-refractivity contribution in [2.45, 2.75) is 132 Å². The molecule has 0 amide bonds. The van der Waals surface area contributed by atoms with Crippen LogP contribution in [0.25, 0.3) is 21.9 Å². The average molecular weight is 809 g/mol. The maximum Gasteiger partial charge on any atom is -0.00893 e. The Morgan fingerprint density at radius 3 is 1.39 bits per heavy atom. The normalized spacial score (nSPS) is 13.2. The summed E-state index contributed by atoms with van der Waals surface area (Å²) in [5, 5.41) is 2.86. The molecule has 0 saturated heterocycles. The minimum Gasteiger partial charge on any atom is -0.0651 e. The van der Waals surface area contributed by atoms with E-state index in [9.17, 15) is 0 Å². The van der Waals surface area contributed by atoms with Crippen molar-refractivity contribution in [3.63, 3.8) is 0 Å². The third kappa shape index (κ3) is 14.7. The molecule has 7 aromatic carbocycles. The van der Waals surface area contributed by atoms with Gasteiger partial charge in [0.1, 0.15) is 0 Å². The van der Waals surface area contributed by atoms with Gasteiger partial charge in [-0.3, -0.25) is 0 Å². The van der Waals surface area contributed by atoms with Crippen molar-refractivity contribution >= 4 is 10.8 Å². The van der Waals surface area contributed by atoms with Crippen molar-refractivity contribution in [1.82, 2.24) is 0 Å². The number of hydrogen-bond acceptors (Lipinski definition) is 0. The summed E-state index contributed by atoms with van der Waals surface area (Å²) < 4.78 is 0. The zero-order valence-electron chi connectivity index (χ0n) is 40.1. The standard InChI is InChI=1S/C23H24.2C11H16.C9H12.C7H8/c1-4-15(2)21-14-23-18-10-6-5-9-17(18)16(3)13-22(23)20-12-8-7-11-19(20)21;2*1-9-5-7-10(8-6-9)11(2,3)4;1-2-6-9-7-4-3-5-8-9;1-7-5-3-2-4-6-7/h5-13,15,21H,4,14H2,1-3H3;2*5-8H,1-4H3;3-5,7-8H,2,6H2,1H3;2-6H,1H3. The highest BCUT2D eigenvalue weighted by Crippen LogP contribution is 2.46. The Morgan fingerprint density at radius 1 is 0.492 bits per heavy atom. The quantitative estimate of drug-likeness (QED) is 0.166. The van der Waals surface area contributed by atoms with E-state index in [2.05, 4.69) is 236 Å². The fraction of sp³-hybridized carbons (Fsp3) is 0.344. The third-order valence-electron chi connectivity index (χ3n) is 11.9. The fourth-order valence-electron chi connectivity index (χ4n) is 7.84. The van der Waals surface area contributed by atoms with Crippen LogP contribution in [0.5, 0.6) is 0 Å².